The molecule has 2 aromatic heterocycles. The van der Waals surface area contributed by atoms with Crippen LogP contribution in [0.2, 0.25) is 0 Å². The van der Waals surface area contributed by atoms with Gasteiger partial charge in [-0.3, -0.25) is 9.59 Å². The van der Waals surface area contributed by atoms with Crippen molar-refractivity contribution in [2.24, 2.45) is 5.92 Å². The van der Waals surface area contributed by atoms with E-state index >= 15 is 0 Å². The maximum Gasteiger partial charge on any atom is 0.433 e. The van der Waals surface area contributed by atoms with Crippen molar-refractivity contribution in [1.82, 2.24) is 15.2 Å². The van der Waals surface area contributed by atoms with Gasteiger partial charge < -0.3 is 10.2 Å². The van der Waals surface area contributed by atoms with Crippen LogP contribution >= 0.6 is 11.3 Å². The summed E-state index contributed by atoms with van der Waals surface area (Å²) in [5.74, 6) is 0.109. The van der Waals surface area contributed by atoms with Gasteiger partial charge in [-0.2, -0.15) is 13.2 Å². The molecular formula is C22H26F3N3O2S. The molecule has 9 heteroatoms. The van der Waals surface area contributed by atoms with Crippen molar-refractivity contribution in [1.29, 1.82) is 0 Å². The molecule has 168 valence electrons. The van der Waals surface area contributed by atoms with E-state index in [9.17, 15) is 22.8 Å². The Kier molecular flexibility index (Phi) is 6.23. The van der Waals surface area contributed by atoms with Crippen LogP contribution < -0.4 is 5.32 Å². The van der Waals surface area contributed by atoms with Gasteiger partial charge in [-0.1, -0.05) is 19.3 Å². The molecule has 2 fully saturated rings. The number of fused-ring (bicyclic) bond motifs is 1. The molecular weight excluding hydrogens is 427 g/mol. The number of aromatic nitrogens is 1. The summed E-state index contributed by atoms with van der Waals surface area (Å²) in [6.45, 7) is 2.98. The number of hydrogen-bond donors (Lipinski definition) is 1. The van der Waals surface area contributed by atoms with Crippen LogP contribution in [0.15, 0.2) is 12.1 Å². The minimum atomic E-state index is -4.52. The Hall–Kier alpha value is -2.16. The van der Waals surface area contributed by atoms with Gasteiger partial charge in [-0.05, 0) is 50.3 Å². The van der Waals surface area contributed by atoms with Crippen molar-refractivity contribution in [3.63, 3.8) is 0 Å². The molecule has 0 spiro atoms. The molecule has 5 nitrogen and oxygen atoms in total. The Labute approximate surface area is 183 Å². The lowest BCUT2D eigenvalue weighted by atomic mass is 9.87. The Morgan fingerprint density at radius 3 is 2.42 bits per heavy atom. The first-order valence-corrected chi connectivity index (χ1v) is 11.6. The van der Waals surface area contributed by atoms with Crippen molar-refractivity contribution >= 4 is 33.4 Å². The zero-order valence-corrected chi connectivity index (χ0v) is 18.2. The fraction of sp³-hybridized carbons (Fsp3) is 0.591. The van der Waals surface area contributed by atoms with Gasteiger partial charge in [0.2, 0.25) is 5.91 Å². The fourth-order valence-corrected chi connectivity index (χ4v) is 5.66. The van der Waals surface area contributed by atoms with Gasteiger partial charge in [0.15, 0.2) is 0 Å². The summed E-state index contributed by atoms with van der Waals surface area (Å²) >= 11 is 0.987. The van der Waals surface area contributed by atoms with Crippen LogP contribution in [0.3, 0.4) is 0 Å². The number of pyridine rings is 1. The summed E-state index contributed by atoms with van der Waals surface area (Å²) in [4.78, 5) is 31.7. The zero-order valence-electron chi connectivity index (χ0n) is 17.4. The summed E-state index contributed by atoms with van der Waals surface area (Å²) in [6.07, 6.45) is 2.26. The number of nitrogens with one attached hydrogen (secondary N) is 1. The zero-order chi connectivity index (χ0) is 22.2. The molecule has 0 atom stereocenters. The van der Waals surface area contributed by atoms with E-state index in [1.807, 2.05) is 4.90 Å². The van der Waals surface area contributed by atoms with E-state index < -0.39 is 11.9 Å². The maximum atomic E-state index is 12.9. The third-order valence-electron chi connectivity index (χ3n) is 6.40. The second-order valence-corrected chi connectivity index (χ2v) is 9.51. The van der Waals surface area contributed by atoms with Crippen molar-refractivity contribution in [3.8, 4) is 0 Å². The number of likely N-dealkylation sites (tertiary alicyclic amines) is 1. The monoisotopic (exact) mass is 453 g/mol. The third-order valence-corrected chi connectivity index (χ3v) is 7.60. The van der Waals surface area contributed by atoms with E-state index in [-0.39, 0.29) is 28.6 Å². The Bertz CT molecular complexity index is 974. The Balaban J connectivity index is 1.38. The standard InChI is InChI=1S/C22H26F3N3O2S/c1-13-16-7-8-17(22(23,24)25)27-20(16)31-18(13)19(29)26-15-9-11-28(12-10-15)21(30)14-5-3-2-4-6-14/h7-8,14-15H,2-6,9-12H2,1H3,(H,26,29). The van der Waals surface area contributed by atoms with Crippen LogP contribution in [0.25, 0.3) is 10.2 Å². The molecule has 0 radical (unpaired) electrons. The van der Waals surface area contributed by atoms with Gasteiger partial charge in [0.05, 0.1) is 4.88 Å². The SMILES string of the molecule is Cc1c(C(=O)NC2CCN(C(=O)C3CCCCC3)CC2)sc2nc(C(F)(F)F)ccc12. The number of alkyl halides is 3. The number of carbonyl (C=O) groups is 2. The van der Waals surface area contributed by atoms with Gasteiger partial charge in [0.1, 0.15) is 10.5 Å². The molecule has 1 aliphatic heterocycles. The predicted molar refractivity (Wildman–Crippen MR) is 113 cm³/mol. The molecule has 2 aromatic rings. The van der Waals surface area contributed by atoms with Gasteiger partial charge in [0.25, 0.3) is 5.91 Å². The molecule has 2 amide bonds. The molecule has 0 bridgehead atoms. The average molecular weight is 454 g/mol. The minimum absolute atomic E-state index is 0.0498. The molecule has 2 aliphatic rings. The van der Waals surface area contributed by atoms with Gasteiger partial charge in [0, 0.05) is 30.4 Å². The molecule has 31 heavy (non-hydrogen) atoms. The number of rotatable bonds is 3. The second-order valence-electron chi connectivity index (χ2n) is 8.51. The topological polar surface area (TPSA) is 62.3 Å². The molecule has 1 saturated carbocycles. The van der Waals surface area contributed by atoms with Crippen LogP contribution in [-0.2, 0) is 11.0 Å². The molecule has 1 aliphatic carbocycles. The van der Waals surface area contributed by atoms with Crippen LogP contribution in [0.1, 0.15) is 65.9 Å². The van der Waals surface area contributed by atoms with E-state index in [4.69, 9.17) is 0 Å². The molecule has 3 heterocycles. The maximum absolute atomic E-state index is 12.9. The highest BCUT2D eigenvalue weighted by atomic mass is 32.1. The van der Waals surface area contributed by atoms with Crippen LogP contribution in [-0.4, -0.2) is 40.8 Å². The van der Waals surface area contributed by atoms with E-state index in [0.29, 0.717) is 41.8 Å². The van der Waals surface area contributed by atoms with Crippen LogP contribution in [0.5, 0.6) is 0 Å². The molecule has 1 N–H and O–H groups in total. The van der Waals surface area contributed by atoms with E-state index in [0.717, 1.165) is 43.1 Å². The highest BCUT2D eigenvalue weighted by molar-refractivity contribution is 7.20. The minimum Gasteiger partial charge on any atom is -0.348 e. The van der Waals surface area contributed by atoms with Gasteiger partial charge in [-0.15, -0.1) is 11.3 Å². The van der Waals surface area contributed by atoms with Gasteiger partial charge >= 0.3 is 6.18 Å². The first kappa shape index (κ1) is 22.0. The molecule has 0 aromatic carbocycles. The van der Waals surface area contributed by atoms with Crippen LogP contribution in [0.4, 0.5) is 13.2 Å². The molecule has 0 unspecified atom stereocenters. The average Bonchev–Trinajstić information content (AvgIpc) is 3.10. The first-order chi connectivity index (χ1) is 14.7. The summed E-state index contributed by atoms with van der Waals surface area (Å²) in [6, 6.07) is 2.28. The van der Waals surface area contributed by atoms with Crippen molar-refractivity contribution < 1.29 is 22.8 Å². The van der Waals surface area contributed by atoms with Crippen molar-refractivity contribution in [3.05, 3.63) is 28.3 Å². The highest BCUT2D eigenvalue weighted by Gasteiger charge is 2.33. The quantitative estimate of drug-likeness (QED) is 0.717. The van der Waals surface area contributed by atoms with Crippen molar-refractivity contribution in [2.75, 3.05) is 13.1 Å². The van der Waals surface area contributed by atoms with Gasteiger partial charge in [-0.25, -0.2) is 4.98 Å². The summed E-state index contributed by atoms with van der Waals surface area (Å²) in [7, 11) is 0. The summed E-state index contributed by atoms with van der Waals surface area (Å²) in [5.41, 5.74) is -0.313. The molecule has 1 saturated heterocycles. The number of carbonyl (C=O) groups excluding carboxylic acids is 2. The number of nitrogens with zero attached hydrogens (tertiary/aromatic N) is 2. The van der Waals surface area contributed by atoms with E-state index in [2.05, 4.69) is 10.3 Å². The second kappa shape index (κ2) is 8.76. The third kappa shape index (κ3) is 4.71. The Morgan fingerprint density at radius 1 is 1.10 bits per heavy atom. The predicted octanol–water partition coefficient (Wildman–Crippen LogP) is 4.92. The van der Waals surface area contributed by atoms with Crippen LogP contribution in [0, 0.1) is 12.8 Å². The smallest absolute Gasteiger partial charge is 0.348 e. The summed E-state index contributed by atoms with van der Waals surface area (Å²) in [5, 5.41) is 3.57. The highest BCUT2D eigenvalue weighted by Crippen LogP contribution is 2.34. The number of halogens is 3. The number of amides is 2. The Morgan fingerprint density at radius 2 is 1.77 bits per heavy atom. The first-order valence-electron chi connectivity index (χ1n) is 10.8. The van der Waals surface area contributed by atoms with E-state index in [1.54, 1.807) is 6.92 Å². The number of aryl methyl sites for hydroxylation is 1. The largest absolute Gasteiger partial charge is 0.433 e. The number of hydrogen-bond acceptors (Lipinski definition) is 4. The fourth-order valence-electron chi connectivity index (χ4n) is 4.58. The number of thiophene rings is 1. The lowest BCUT2D eigenvalue weighted by Crippen LogP contribution is -2.48. The lowest BCUT2D eigenvalue weighted by Gasteiger charge is -2.35. The normalized spacial score (nSPS) is 19.0. The van der Waals surface area contributed by atoms with Crippen molar-refractivity contribution in [2.45, 2.75) is 64.1 Å². The van der Waals surface area contributed by atoms with E-state index in [1.165, 1.54) is 12.5 Å². The molecule has 4 rings (SSSR count). The summed E-state index contributed by atoms with van der Waals surface area (Å²) < 4.78 is 38.8. The lowest BCUT2D eigenvalue weighted by molar-refractivity contribution is -0.141. The number of piperidine rings is 1.